The lowest BCUT2D eigenvalue weighted by atomic mass is 9.83. The highest BCUT2D eigenvalue weighted by molar-refractivity contribution is 7.26. The molecule has 8 heteroatoms. The minimum absolute atomic E-state index is 0.109. The van der Waals surface area contributed by atoms with E-state index in [2.05, 4.69) is 292 Å². The van der Waals surface area contributed by atoms with E-state index < -0.39 is 0 Å². The van der Waals surface area contributed by atoms with E-state index >= 15 is 9.59 Å². The van der Waals surface area contributed by atoms with Gasteiger partial charge < -0.3 is 9.80 Å². The number of benzene rings is 12. The molecule has 0 radical (unpaired) electrons. The number of imide groups is 1. The second kappa shape index (κ2) is 22.4. The van der Waals surface area contributed by atoms with Crippen molar-refractivity contribution in [1.29, 1.82) is 0 Å². The Morgan fingerprint density at radius 2 is 0.689 bits per heavy atom. The first-order chi connectivity index (χ1) is 44.1. The lowest BCUT2D eigenvalue weighted by Crippen LogP contribution is -2.41. The number of hydrogen-bond donors (Lipinski definition) is 0. The van der Waals surface area contributed by atoms with Crippen LogP contribution in [0, 0.1) is 0 Å². The van der Waals surface area contributed by atoms with Crippen LogP contribution in [0.5, 0.6) is 0 Å². The van der Waals surface area contributed by atoms with E-state index in [0.717, 1.165) is 94.2 Å². The summed E-state index contributed by atoms with van der Waals surface area (Å²) in [5, 5.41) is 8.30. The second-order valence-electron chi connectivity index (χ2n) is 23.8. The van der Waals surface area contributed by atoms with Crippen LogP contribution in [0.3, 0.4) is 0 Å². The predicted molar refractivity (Wildman–Crippen MR) is 384 cm³/mol. The highest BCUT2D eigenvalue weighted by Gasteiger charge is 2.38. The summed E-state index contributed by atoms with van der Waals surface area (Å²) in [6.07, 6.45) is 0. The summed E-state index contributed by atoms with van der Waals surface area (Å²) < 4.78 is 0. The van der Waals surface area contributed by atoms with Crippen LogP contribution in [0.4, 0.5) is 39.8 Å². The summed E-state index contributed by atoms with van der Waals surface area (Å²) in [5.41, 5.74) is 15.1. The number of fused-ring (bicyclic) bond motifs is 2. The third kappa shape index (κ3) is 9.24. The van der Waals surface area contributed by atoms with Crippen molar-refractivity contribution in [2.75, 3.05) is 14.7 Å². The monoisotopic (exact) mass is 1210 g/mol. The van der Waals surface area contributed by atoms with E-state index in [-0.39, 0.29) is 23.7 Å². The predicted octanol–water partition coefficient (Wildman–Crippen LogP) is 24.2. The van der Waals surface area contributed by atoms with Gasteiger partial charge in [0, 0.05) is 80.6 Å². The van der Waals surface area contributed by atoms with E-state index in [9.17, 15) is 0 Å². The Hall–Kier alpha value is -10.2. The number of carbonyl (C=O) groups is 2. The molecule has 432 valence electrons. The first-order valence-corrected chi connectivity index (χ1v) is 33.1. The van der Waals surface area contributed by atoms with Gasteiger partial charge in [-0.3, -0.25) is 9.59 Å². The first-order valence-electron chi connectivity index (χ1n) is 30.7. The van der Waals surface area contributed by atoms with Crippen LogP contribution in [0.25, 0.3) is 94.6 Å². The SMILES string of the molecule is CC(C)c1cccc(C(C)C)c1N1C(=O)c2ccc3c4cccc5c(-c6cc(-c7ccc(-c8ccc(N(c9ccccc9)c9ccccc9)cc8)s7)c(-c7ccc(-c8ccc(N(c9ccccc9)c9ccccc9)cc8)s7)s6)ccc(c6ccc(c2c36)C1=O)c54. The van der Waals surface area contributed by atoms with Crippen molar-refractivity contribution < 1.29 is 9.59 Å². The summed E-state index contributed by atoms with van der Waals surface area (Å²) >= 11 is 5.52. The molecule has 0 atom stereocenters. The van der Waals surface area contributed by atoms with Crippen molar-refractivity contribution in [2.45, 2.75) is 39.5 Å². The van der Waals surface area contributed by atoms with E-state index in [0.29, 0.717) is 11.1 Å². The molecule has 90 heavy (non-hydrogen) atoms. The van der Waals surface area contributed by atoms with Crippen LogP contribution in [-0.4, -0.2) is 11.8 Å². The molecule has 3 aromatic heterocycles. The van der Waals surface area contributed by atoms with Crippen LogP contribution in [0.1, 0.15) is 71.4 Å². The Bertz CT molecular complexity index is 4870. The molecule has 0 aliphatic carbocycles. The number of thiophene rings is 3. The van der Waals surface area contributed by atoms with Gasteiger partial charge in [-0.05, 0) is 193 Å². The minimum atomic E-state index is -0.274. The topological polar surface area (TPSA) is 43.9 Å². The lowest BCUT2D eigenvalue weighted by Gasteiger charge is -2.32. The van der Waals surface area contributed by atoms with Crippen LogP contribution in [-0.2, 0) is 0 Å². The molecule has 16 rings (SSSR count). The Labute approximate surface area is 535 Å². The zero-order chi connectivity index (χ0) is 60.7. The van der Waals surface area contributed by atoms with Crippen LogP contribution >= 0.6 is 34.0 Å². The number of nitrogens with zero attached hydrogens (tertiary/aromatic N) is 3. The van der Waals surface area contributed by atoms with Gasteiger partial charge in [0.15, 0.2) is 0 Å². The van der Waals surface area contributed by atoms with Gasteiger partial charge in [-0.2, -0.15) is 0 Å². The molecule has 0 saturated carbocycles. The van der Waals surface area contributed by atoms with Crippen molar-refractivity contribution in [1.82, 2.24) is 0 Å². The molecular formula is C82H59N3O2S3. The molecule has 0 bridgehead atoms. The third-order valence-corrected chi connectivity index (χ3v) is 21.4. The Morgan fingerprint density at radius 3 is 1.17 bits per heavy atom. The van der Waals surface area contributed by atoms with Gasteiger partial charge in [-0.25, -0.2) is 4.90 Å². The zero-order valence-electron chi connectivity index (χ0n) is 50.0. The number of carbonyl (C=O) groups excluding carboxylic acids is 2. The van der Waals surface area contributed by atoms with Gasteiger partial charge in [0.1, 0.15) is 0 Å². The first kappa shape index (κ1) is 55.1. The van der Waals surface area contributed by atoms with E-state index in [1.807, 2.05) is 52.2 Å². The second-order valence-corrected chi connectivity index (χ2v) is 27.0. The molecule has 0 unspecified atom stereocenters. The Balaban J connectivity index is 0.804. The largest absolute Gasteiger partial charge is 0.311 e. The molecule has 0 fully saturated rings. The average Bonchev–Trinajstić information content (AvgIpc) is 0.788. The molecule has 0 N–H and O–H groups in total. The quantitative estimate of drug-likeness (QED) is 0.0618. The summed E-state index contributed by atoms with van der Waals surface area (Å²) in [4.78, 5) is 43.4. The molecule has 1 aliphatic rings. The smallest absolute Gasteiger partial charge is 0.266 e. The Kier molecular flexibility index (Phi) is 13.7. The normalized spacial score (nSPS) is 12.4. The molecule has 2 amide bonds. The van der Waals surface area contributed by atoms with Gasteiger partial charge in [0.2, 0.25) is 0 Å². The van der Waals surface area contributed by atoms with Crippen LogP contribution in [0.15, 0.2) is 273 Å². The molecular weight excluding hydrogens is 1160 g/mol. The van der Waals surface area contributed by atoms with Crippen molar-refractivity contribution in [3.8, 4) is 51.5 Å². The van der Waals surface area contributed by atoms with E-state index in [4.69, 9.17) is 0 Å². The van der Waals surface area contributed by atoms with Crippen LogP contribution in [0.2, 0.25) is 0 Å². The summed E-state index contributed by atoms with van der Waals surface area (Å²) in [6.45, 7) is 8.50. The fourth-order valence-corrected chi connectivity index (χ4v) is 17.0. The van der Waals surface area contributed by atoms with Gasteiger partial charge in [0.05, 0.1) is 10.6 Å². The fraction of sp³-hybridized carbons (Fsp3) is 0.0732. The van der Waals surface area contributed by atoms with E-state index in [1.165, 1.54) is 56.2 Å². The minimum Gasteiger partial charge on any atom is -0.311 e. The van der Waals surface area contributed by atoms with Gasteiger partial charge >= 0.3 is 0 Å². The number of para-hydroxylation sites is 5. The van der Waals surface area contributed by atoms with Crippen molar-refractivity contribution in [3.63, 3.8) is 0 Å². The molecule has 0 saturated heterocycles. The third-order valence-electron chi connectivity index (χ3n) is 17.8. The zero-order valence-corrected chi connectivity index (χ0v) is 52.5. The van der Waals surface area contributed by atoms with E-state index in [1.54, 1.807) is 0 Å². The molecule has 0 spiro atoms. The summed E-state index contributed by atoms with van der Waals surface area (Å²) in [7, 11) is 0. The molecule has 5 nitrogen and oxygen atoms in total. The molecule has 4 heterocycles. The maximum absolute atomic E-state index is 15.1. The van der Waals surface area contributed by atoms with Crippen LogP contribution < -0.4 is 14.7 Å². The number of hydrogen-bond acceptors (Lipinski definition) is 7. The fourth-order valence-electron chi connectivity index (χ4n) is 13.6. The Morgan fingerprint density at radius 1 is 0.300 bits per heavy atom. The maximum Gasteiger partial charge on any atom is 0.266 e. The van der Waals surface area contributed by atoms with Crippen molar-refractivity contribution in [3.05, 3.63) is 295 Å². The standard InChI is InChI=1S/C82H59N3O2S3/c1-50(2)60-27-17-28-61(51(3)4)79(60)85-81(86)68-43-41-66-64-30-18-29-63-62(39-40-65(76(63)64)67-42-44-69(82(85)87)78(68)77(66)67)75-49-70(73-47-45-71(88-73)52-31-35-58(36-32-52)83(54-19-9-5-10-20-54)55-21-11-6-12-22-55)80(90-75)74-48-46-72(89-74)53-33-37-59(38-34-53)84(56-23-13-7-14-24-56)57-25-15-8-16-26-57/h5-51H,1-4H3. The lowest BCUT2D eigenvalue weighted by molar-refractivity contribution is 0.0893. The van der Waals surface area contributed by atoms with Gasteiger partial charge in [-0.1, -0.05) is 185 Å². The number of anilines is 7. The number of amides is 2. The molecule has 12 aromatic carbocycles. The molecule has 1 aliphatic heterocycles. The van der Waals surface area contributed by atoms with Gasteiger partial charge in [-0.15, -0.1) is 34.0 Å². The summed E-state index contributed by atoms with van der Waals surface area (Å²) in [5.74, 6) is -0.329. The molecule has 15 aromatic rings. The van der Waals surface area contributed by atoms with Gasteiger partial charge in [0.25, 0.3) is 11.8 Å². The highest BCUT2D eigenvalue weighted by atomic mass is 32.1. The number of rotatable bonds is 14. The maximum atomic E-state index is 15.1. The van der Waals surface area contributed by atoms with Crippen molar-refractivity contribution in [2.24, 2.45) is 0 Å². The van der Waals surface area contributed by atoms with Crippen molar-refractivity contribution >= 4 is 129 Å². The summed E-state index contributed by atoms with van der Waals surface area (Å²) in [6, 6.07) is 97.3. The highest BCUT2D eigenvalue weighted by Crippen LogP contribution is 2.53. The average molecular weight is 1210 g/mol.